The summed E-state index contributed by atoms with van der Waals surface area (Å²) in [4.78, 5) is 52.1. The molecular formula is C40H43IN2O9. The highest BCUT2D eigenvalue weighted by Gasteiger charge is 2.55. The molecule has 274 valence electrons. The van der Waals surface area contributed by atoms with Gasteiger partial charge in [-0.25, -0.2) is 4.79 Å². The fourth-order valence-electron chi connectivity index (χ4n) is 6.73. The molecule has 4 unspecified atom stereocenters. The zero-order valence-corrected chi connectivity index (χ0v) is 31.5. The molecule has 11 nitrogen and oxygen atoms in total. The van der Waals surface area contributed by atoms with Crippen molar-refractivity contribution in [1.82, 2.24) is 10.6 Å². The molecule has 0 aromatic heterocycles. The summed E-state index contributed by atoms with van der Waals surface area (Å²) in [5.74, 6) is -2.61. The standard InChI is InChI=1S/C40H43IN2O9/c1-39(2,3)51-34(45)16-15-31(23-44)43-37(47)26-10-6-7-24(17-26)22-42-36(46)29-18-32(49-38(48)25-11-13-30(41)14-12-25)35-33(19-29)50-40(52-35)20-27-8-4-5-9-28(27)21-40/h4-14,17,19,31-33,35,44H,15-16,18,20-23H2,1-3H3,(H,42,46)(H,43,47). The van der Waals surface area contributed by atoms with Gasteiger partial charge in [-0.3, -0.25) is 14.4 Å². The second-order valence-electron chi connectivity index (χ2n) is 14.4. The summed E-state index contributed by atoms with van der Waals surface area (Å²) in [6.45, 7) is 5.10. The van der Waals surface area contributed by atoms with E-state index in [1.54, 1.807) is 63.2 Å². The molecule has 3 aromatic carbocycles. The first kappa shape index (κ1) is 37.6. The van der Waals surface area contributed by atoms with Gasteiger partial charge in [-0.1, -0.05) is 36.4 Å². The van der Waals surface area contributed by atoms with E-state index in [9.17, 15) is 24.3 Å². The van der Waals surface area contributed by atoms with Crippen molar-refractivity contribution in [2.24, 2.45) is 0 Å². The van der Waals surface area contributed by atoms with Crippen LogP contribution in [0.25, 0.3) is 0 Å². The van der Waals surface area contributed by atoms with E-state index in [0.29, 0.717) is 35.1 Å². The summed E-state index contributed by atoms with van der Waals surface area (Å²) in [7, 11) is 0. The van der Waals surface area contributed by atoms with E-state index in [4.69, 9.17) is 18.9 Å². The third kappa shape index (κ3) is 9.27. The lowest BCUT2D eigenvalue weighted by molar-refractivity contribution is -0.172. The molecule has 3 aromatic rings. The highest BCUT2D eigenvalue weighted by molar-refractivity contribution is 14.1. The maximum atomic E-state index is 13.6. The minimum Gasteiger partial charge on any atom is -0.460 e. The number of esters is 2. The molecular weight excluding hydrogens is 779 g/mol. The molecule has 1 heterocycles. The lowest BCUT2D eigenvalue weighted by Crippen LogP contribution is -2.43. The van der Waals surface area contributed by atoms with Crippen molar-refractivity contribution in [2.45, 2.75) is 95.2 Å². The summed E-state index contributed by atoms with van der Waals surface area (Å²) in [5, 5.41) is 15.5. The van der Waals surface area contributed by atoms with Gasteiger partial charge in [-0.05, 0) is 109 Å². The number of rotatable bonds is 11. The van der Waals surface area contributed by atoms with E-state index in [1.807, 2.05) is 24.3 Å². The zero-order chi connectivity index (χ0) is 37.0. The Morgan fingerprint density at radius 2 is 1.65 bits per heavy atom. The summed E-state index contributed by atoms with van der Waals surface area (Å²) in [6.07, 6.45) is 1.28. The van der Waals surface area contributed by atoms with Gasteiger partial charge in [-0.15, -0.1) is 0 Å². The minimum absolute atomic E-state index is 0.0455. The molecule has 6 rings (SSSR count). The number of benzene rings is 3. The van der Waals surface area contributed by atoms with E-state index in [1.165, 1.54) is 0 Å². The minimum atomic E-state index is -0.916. The molecule has 1 fully saturated rings. The fraction of sp³-hybridized carbons (Fsp3) is 0.400. The van der Waals surface area contributed by atoms with Crippen LogP contribution in [0, 0.1) is 3.57 Å². The molecule has 2 aliphatic carbocycles. The van der Waals surface area contributed by atoms with Crippen molar-refractivity contribution in [3.63, 3.8) is 0 Å². The molecule has 3 aliphatic rings. The number of fused-ring (bicyclic) bond motifs is 2. The number of carbonyl (C=O) groups excluding carboxylic acids is 4. The van der Waals surface area contributed by atoms with Crippen LogP contribution < -0.4 is 10.6 Å². The molecule has 12 heteroatoms. The van der Waals surface area contributed by atoms with Gasteiger partial charge in [0.05, 0.1) is 18.2 Å². The smallest absolute Gasteiger partial charge is 0.338 e. The van der Waals surface area contributed by atoms with Crippen molar-refractivity contribution in [1.29, 1.82) is 0 Å². The molecule has 0 radical (unpaired) electrons. The molecule has 3 N–H and O–H groups in total. The van der Waals surface area contributed by atoms with Crippen LogP contribution in [0.3, 0.4) is 0 Å². The fourth-order valence-corrected chi connectivity index (χ4v) is 7.09. The van der Waals surface area contributed by atoms with Crippen LogP contribution in [0.4, 0.5) is 0 Å². The van der Waals surface area contributed by atoms with Crippen LogP contribution in [0.15, 0.2) is 84.4 Å². The Morgan fingerprint density at radius 3 is 2.33 bits per heavy atom. The van der Waals surface area contributed by atoms with Crippen molar-refractivity contribution < 1.29 is 43.2 Å². The first-order valence-corrected chi connectivity index (χ1v) is 18.5. The Hall–Kier alpha value is -4.11. The second-order valence-corrected chi connectivity index (χ2v) is 15.7. The van der Waals surface area contributed by atoms with Crippen molar-refractivity contribution >= 4 is 46.3 Å². The van der Waals surface area contributed by atoms with Crippen molar-refractivity contribution in [2.75, 3.05) is 6.61 Å². The SMILES string of the molecule is CC(C)(C)OC(=O)CCC(CO)NC(=O)c1cccc(CNC(=O)C2=CC3OC4(Cc5ccccc5C4)OC3C(OC(=O)c3ccc(I)cc3)C2)c1. The monoisotopic (exact) mass is 822 g/mol. The highest BCUT2D eigenvalue weighted by atomic mass is 127. The number of amides is 2. The van der Waals surface area contributed by atoms with Gasteiger partial charge in [0.2, 0.25) is 5.91 Å². The van der Waals surface area contributed by atoms with Gasteiger partial charge in [0.1, 0.15) is 23.9 Å². The van der Waals surface area contributed by atoms with Crippen LogP contribution in [0.2, 0.25) is 0 Å². The molecule has 1 spiro atoms. The van der Waals surface area contributed by atoms with E-state index in [-0.39, 0.29) is 38.3 Å². The number of hydrogen-bond donors (Lipinski definition) is 3. The number of aliphatic hydroxyl groups excluding tert-OH is 1. The Labute approximate surface area is 316 Å². The quantitative estimate of drug-likeness (QED) is 0.181. The predicted molar refractivity (Wildman–Crippen MR) is 199 cm³/mol. The Balaban J connectivity index is 1.11. The Morgan fingerprint density at radius 1 is 0.942 bits per heavy atom. The van der Waals surface area contributed by atoms with E-state index >= 15 is 0 Å². The van der Waals surface area contributed by atoms with Crippen LogP contribution >= 0.6 is 22.6 Å². The van der Waals surface area contributed by atoms with E-state index < -0.39 is 53.6 Å². The molecule has 52 heavy (non-hydrogen) atoms. The summed E-state index contributed by atoms with van der Waals surface area (Å²) in [6, 6.07) is 21.3. The van der Waals surface area contributed by atoms with Crippen LogP contribution in [0.5, 0.6) is 0 Å². The van der Waals surface area contributed by atoms with Crippen LogP contribution in [0.1, 0.15) is 77.4 Å². The largest absolute Gasteiger partial charge is 0.460 e. The van der Waals surface area contributed by atoms with Crippen molar-refractivity contribution in [3.05, 3.63) is 116 Å². The second kappa shape index (κ2) is 15.9. The molecule has 0 bridgehead atoms. The number of hydrogen-bond acceptors (Lipinski definition) is 9. The number of nitrogens with one attached hydrogen (secondary N) is 2. The maximum Gasteiger partial charge on any atom is 0.338 e. The topological polar surface area (TPSA) is 149 Å². The summed E-state index contributed by atoms with van der Waals surface area (Å²) < 4.78 is 25.5. The normalized spacial score (nSPS) is 20.6. The Kier molecular flexibility index (Phi) is 11.5. The Bertz CT molecular complexity index is 1830. The molecule has 2 amide bonds. The third-order valence-corrected chi connectivity index (χ3v) is 9.88. The van der Waals surface area contributed by atoms with Gasteiger partial charge >= 0.3 is 11.9 Å². The third-order valence-electron chi connectivity index (χ3n) is 9.16. The van der Waals surface area contributed by atoms with E-state index in [2.05, 4.69) is 45.4 Å². The van der Waals surface area contributed by atoms with Gasteiger partial charge in [0.15, 0.2) is 5.79 Å². The average Bonchev–Trinajstić information content (AvgIpc) is 3.66. The predicted octanol–water partition coefficient (Wildman–Crippen LogP) is 4.95. The maximum absolute atomic E-state index is 13.6. The number of halogens is 1. The summed E-state index contributed by atoms with van der Waals surface area (Å²) >= 11 is 2.17. The van der Waals surface area contributed by atoms with Gasteiger partial charge < -0.3 is 34.7 Å². The number of aliphatic hydroxyl groups is 1. The highest BCUT2D eigenvalue weighted by Crippen LogP contribution is 2.45. The van der Waals surface area contributed by atoms with Crippen molar-refractivity contribution in [3.8, 4) is 0 Å². The van der Waals surface area contributed by atoms with E-state index in [0.717, 1.165) is 14.7 Å². The number of carbonyl (C=O) groups is 4. The first-order chi connectivity index (χ1) is 24.8. The lowest BCUT2D eigenvalue weighted by atomic mass is 9.91. The number of ether oxygens (including phenoxy) is 4. The van der Waals surface area contributed by atoms with Crippen LogP contribution in [-0.4, -0.2) is 71.2 Å². The van der Waals surface area contributed by atoms with Gasteiger partial charge in [0, 0.05) is 46.9 Å². The first-order valence-electron chi connectivity index (χ1n) is 17.4. The molecule has 4 atom stereocenters. The molecule has 1 saturated heterocycles. The van der Waals surface area contributed by atoms with Gasteiger partial charge in [-0.2, -0.15) is 0 Å². The summed E-state index contributed by atoms with van der Waals surface area (Å²) in [5.41, 5.74) is 3.47. The van der Waals surface area contributed by atoms with Crippen LogP contribution in [-0.2, 0) is 47.9 Å². The molecule has 1 aliphatic heterocycles. The molecule has 0 saturated carbocycles. The van der Waals surface area contributed by atoms with Gasteiger partial charge in [0.25, 0.3) is 5.91 Å². The zero-order valence-electron chi connectivity index (χ0n) is 29.4. The lowest BCUT2D eigenvalue weighted by Gasteiger charge is -2.30. The average molecular weight is 823 g/mol.